The first-order chi connectivity index (χ1) is 7.65. The minimum atomic E-state index is -0.466. The normalized spacial score (nSPS) is 16.9. The summed E-state index contributed by atoms with van der Waals surface area (Å²) in [6, 6.07) is 0. The van der Waals surface area contributed by atoms with Crippen molar-refractivity contribution < 1.29 is 19.1 Å². The Balaban J connectivity index is 2.44. The van der Waals surface area contributed by atoms with E-state index in [-0.39, 0.29) is 17.7 Å². The molecule has 1 aliphatic rings. The average molecular weight is 243 g/mol. The predicted molar refractivity (Wildman–Crippen MR) is 60.0 cm³/mol. The van der Waals surface area contributed by atoms with Crippen LogP contribution in [-0.2, 0) is 14.3 Å². The molecule has 6 heteroatoms. The van der Waals surface area contributed by atoms with E-state index in [1.54, 1.807) is 6.92 Å². The second-order valence-electron chi connectivity index (χ2n) is 3.02. The number of nitrogens with zero attached hydrogens (tertiary/aromatic N) is 1. The van der Waals surface area contributed by atoms with Crippen LogP contribution in [0.1, 0.15) is 13.3 Å². The molecule has 0 N–H and O–H groups in total. The molecule has 0 atom stereocenters. The fourth-order valence-corrected chi connectivity index (χ4v) is 1.94. The summed E-state index contributed by atoms with van der Waals surface area (Å²) in [6.45, 7) is 2.14. The summed E-state index contributed by atoms with van der Waals surface area (Å²) in [5, 5.41) is -0.259. The lowest BCUT2D eigenvalue weighted by molar-refractivity contribution is -0.137. The highest BCUT2D eigenvalue weighted by Gasteiger charge is 2.25. The molecule has 0 spiro atoms. The van der Waals surface area contributed by atoms with Gasteiger partial charge in [-0.05, 0) is 6.92 Å². The molecule has 2 amide bonds. The zero-order valence-electron chi connectivity index (χ0n) is 8.97. The molecule has 5 nitrogen and oxygen atoms in total. The van der Waals surface area contributed by atoms with Crippen molar-refractivity contribution in [2.45, 2.75) is 13.3 Å². The third kappa shape index (κ3) is 3.69. The Morgan fingerprint density at radius 1 is 1.56 bits per heavy atom. The fourth-order valence-electron chi connectivity index (χ4n) is 1.16. The molecule has 1 heterocycles. The van der Waals surface area contributed by atoms with Crippen molar-refractivity contribution in [3.8, 4) is 0 Å². The second-order valence-corrected chi connectivity index (χ2v) is 4.07. The Morgan fingerprint density at radius 3 is 2.94 bits per heavy atom. The molecule has 1 fully saturated rings. The van der Waals surface area contributed by atoms with Crippen molar-refractivity contribution in [3.05, 3.63) is 12.2 Å². The van der Waals surface area contributed by atoms with Crippen molar-refractivity contribution in [3.63, 3.8) is 0 Å². The summed E-state index contributed by atoms with van der Waals surface area (Å²) in [5.41, 5.74) is 0. The lowest BCUT2D eigenvalue weighted by Gasteiger charge is -2.22. The summed E-state index contributed by atoms with van der Waals surface area (Å²) in [4.78, 5) is 34.7. The fraction of sp³-hybridized carbons (Fsp3) is 0.500. The Labute approximate surface area is 97.8 Å². The molecule has 0 radical (unpaired) electrons. The maximum Gasteiger partial charge on any atom is 0.330 e. The van der Waals surface area contributed by atoms with Crippen LogP contribution in [0.15, 0.2) is 12.2 Å². The van der Waals surface area contributed by atoms with E-state index in [4.69, 9.17) is 0 Å². The third-order valence-electron chi connectivity index (χ3n) is 1.89. The number of carbonyl (C=O) groups excluding carboxylic acids is 3. The zero-order chi connectivity index (χ0) is 12.0. The summed E-state index contributed by atoms with van der Waals surface area (Å²) in [7, 11) is 0. The molecule has 1 aliphatic heterocycles. The van der Waals surface area contributed by atoms with Crippen molar-refractivity contribution in [2.24, 2.45) is 0 Å². The first kappa shape index (κ1) is 12.8. The highest BCUT2D eigenvalue weighted by molar-refractivity contribution is 8.13. The number of thioether (sulfide) groups is 1. The molecule has 0 bridgehead atoms. The van der Waals surface area contributed by atoms with Crippen LogP contribution in [-0.4, -0.2) is 40.9 Å². The number of esters is 1. The Morgan fingerprint density at radius 2 is 2.31 bits per heavy atom. The van der Waals surface area contributed by atoms with Crippen LogP contribution in [0, 0.1) is 0 Å². The van der Waals surface area contributed by atoms with Gasteiger partial charge in [-0.2, -0.15) is 0 Å². The van der Waals surface area contributed by atoms with E-state index in [9.17, 15) is 14.4 Å². The quantitative estimate of drug-likeness (QED) is 0.548. The number of rotatable bonds is 4. The molecule has 1 saturated heterocycles. The van der Waals surface area contributed by atoms with E-state index in [2.05, 4.69) is 4.74 Å². The number of ether oxygens (including phenoxy) is 1. The second kappa shape index (κ2) is 6.32. The minimum Gasteiger partial charge on any atom is -0.463 e. The van der Waals surface area contributed by atoms with Gasteiger partial charge in [0.2, 0.25) is 5.91 Å². The van der Waals surface area contributed by atoms with Gasteiger partial charge in [0.25, 0.3) is 5.24 Å². The molecular weight excluding hydrogens is 230 g/mol. The molecule has 0 aliphatic carbocycles. The van der Waals surface area contributed by atoms with Gasteiger partial charge >= 0.3 is 5.97 Å². The van der Waals surface area contributed by atoms with Crippen LogP contribution in [0.25, 0.3) is 0 Å². The Hall–Kier alpha value is -1.30. The van der Waals surface area contributed by atoms with E-state index in [0.717, 1.165) is 16.7 Å². The largest absolute Gasteiger partial charge is 0.463 e. The van der Waals surface area contributed by atoms with Crippen LogP contribution < -0.4 is 0 Å². The average Bonchev–Trinajstić information content (AvgIpc) is 2.23. The van der Waals surface area contributed by atoms with Crippen LogP contribution in [0.3, 0.4) is 0 Å². The standard InChI is InChI=1S/C10H13NO4S/c1-2-15-9(13)4-3-6-11-8(12)5-7-16-10(11)14/h3-4H,2,5-7H2,1H3/b4-3+. The van der Waals surface area contributed by atoms with Gasteiger partial charge in [0.05, 0.1) is 6.61 Å². The van der Waals surface area contributed by atoms with Gasteiger partial charge in [-0.25, -0.2) is 4.79 Å². The molecule has 0 unspecified atom stereocenters. The van der Waals surface area contributed by atoms with Crippen molar-refractivity contribution in [1.82, 2.24) is 4.90 Å². The summed E-state index contributed by atoms with van der Waals surface area (Å²) in [6.07, 6.45) is 3.05. The monoisotopic (exact) mass is 243 g/mol. The molecule has 88 valence electrons. The van der Waals surface area contributed by atoms with Crippen molar-refractivity contribution in [1.29, 1.82) is 0 Å². The molecular formula is C10H13NO4S. The summed E-state index contributed by atoms with van der Waals surface area (Å²) < 4.78 is 4.67. The molecule has 0 aromatic heterocycles. The zero-order valence-corrected chi connectivity index (χ0v) is 9.79. The van der Waals surface area contributed by atoms with Gasteiger partial charge in [0, 0.05) is 24.8 Å². The lowest BCUT2D eigenvalue weighted by atomic mass is 10.4. The summed E-state index contributed by atoms with van der Waals surface area (Å²) >= 11 is 1.12. The van der Waals surface area contributed by atoms with Gasteiger partial charge in [-0.1, -0.05) is 17.8 Å². The molecule has 0 aromatic rings. The SMILES string of the molecule is CCOC(=O)/C=C/CN1C(=O)CCSC1=O. The van der Waals surface area contributed by atoms with E-state index in [1.807, 2.05) is 0 Å². The smallest absolute Gasteiger partial charge is 0.330 e. The first-order valence-corrected chi connectivity index (χ1v) is 5.94. The number of imide groups is 1. The first-order valence-electron chi connectivity index (χ1n) is 4.95. The van der Waals surface area contributed by atoms with Gasteiger partial charge in [0.1, 0.15) is 0 Å². The lowest BCUT2D eigenvalue weighted by Crippen LogP contribution is -2.38. The number of hydrogen-bond donors (Lipinski definition) is 0. The molecule has 0 aromatic carbocycles. The van der Waals surface area contributed by atoms with E-state index >= 15 is 0 Å². The maximum absolute atomic E-state index is 11.3. The maximum atomic E-state index is 11.3. The van der Waals surface area contributed by atoms with Crippen molar-refractivity contribution in [2.75, 3.05) is 18.9 Å². The summed E-state index contributed by atoms with van der Waals surface area (Å²) in [5.74, 6) is -0.125. The van der Waals surface area contributed by atoms with E-state index < -0.39 is 5.97 Å². The van der Waals surface area contributed by atoms with Crippen LogP contribution in [0.5, 0.6) is 0 Å². The number of amides is 2. The topological polar surface area (TPSA) is 63.7 Å². The minimum absolute atomic E-state index is 0.128. The van der Waals surface area contributed by atoms with E-state index in [0.29, 0.717) is 18.8 Å². The molecule has 0 saturated carbocycles. The number of carbonyl (C=O) groups is 3. The third-order valence-corrected chi connectivity index (χ3v) is 2.77. The highest BCUT2D eigenvalue weighted by Crippen LogP contribution is 2.17. The molecule has 16 heavy (non-hydrogen) atoms. The number of hydrogen-bond acceptors (Lipinski definition) is 5. The Kier molecular flexibility index (Phi) is 5.04. The van der Waals surface area contributed by atoms with Gasteiger partial charge in [0.15, 0.2) is 0 Å². The van der Waals surface area contributed by atoms with Crippen molar-refractivity contribution >= 4 is 28.9 Å². The van der Waals surface area contributed by atoms with Crippen LogP contribution >= 0.6 is 11.8 Å². The van der Waals surface area contributed by atoms with Gasteiger partial charge < -0.3 is 4.74 Å². The van der Waals surface area contributed by atoms with Crippen LogP contribution in [0.2, 0.25) is 0 Å². The van der Waals surface area contributed by atoms with Crippen LogP contribution in [0.4, 0.5) is 4.79 Å². The molecule has 1 rings (SSSR count). The highest BCUT2D eigenvalue weighted by atomic mass is 32.2. The predicted octanol–water partition coefficient (Wildman–Crippen LogP) is 1.19. The van der Waals surface area contributed by atoms with Gasteiger partial charge in [-0.3, -0.25) is 14.5 Å². The Bertz CT molecular complexity index is 311. The van der Waals surface area contributed by atoms with Gasteiger partial charge in [-0.15, -0.1) is 0 Å². The van der Waals surface area contributed by atoms with E-state index in [1.165, 1.54) is 12.2 Å².